The van der Waals surface area contributed by atoms with Crippen LogP contribution in [0.1, 0.15) is 20.3 Å². The van der Waals surface area contributed by atoms with Crippen LogP contribution in [0.2, 0.25) is 0 Å². The minimum Gasteiger partial charge on any atom is -0.493 e. The van der Waals surface area contributed by atoms with Crippen molar-refractivity contribution in [3.05, 3.63) is 36.5 Å². The molecule has 0 aliphatic carbocycles. The van der Waals surface area contributed by atoms with E-state index in [4.69, 9.17) is 10.00 Å². The number of hydrogen-bond acceptors (Lipinski definition) is 3. The number of rotatable bonds is 4. The molecule has 2 rings (SSSR count). The van der Waals surface area contributed by atoms with Crippen LogP contribution in [-0.2, 0) is 0 Å². The molecule has 0 atom stereocenters. The minimum absolute atomic E-state index is 0.344. The van der Waals surface area contributed by atoms with Crippen molar-refractivity contribution in [1.29, 1.82) is 5.26 Å². The molecule has 0 saturated heterocycles. The number of aromatic nitrogens is 1. The maximum atomic E-state index is 8.95. The second-order valence-corrected chi connectivity index (χ2v) is 4.92. The number of ether oxygens (including phenoxy) is 1. The van der Waals surface area contributed by atoms with Crippen LogP contribution < -0.4 is 4.74 Å². The van der Waals surface area contributed by atoms with Gasteiger partial charge in [0.15, 0.2) is 0 Å². The molecule has 92 valence electrons. The lowest BCUT2D eigenvalue weighted by atomic mass is 9.92. The first-order valence-electron chi connectivity index (χ1n) is 6.00. The molecule has 3 heteroatoms. The van der Waals surface area contributed by atoms with Crippen molar-refractivity contribution in [3.63, 3.8) is 0 Å². The largest absolute Gasteiger partial charge is 0.493 e. The molecule has 0 bridgehead atoms. The van der Waals surface area contributed by atoms with Crippen molar-refractivity contribution in [3.8, 4) is 11.8 Å². The van der Waals surface area contributed by atoms with Crippen LogP contribution in [0, 0.1) is 16.7 Å². The van der Waals surface area contributed by atoms with Gasteiger partial charge in [0.05, 0.1) is 23.6 Å². The fourth-order valence-corrected chi connectivity index (χ4v) is 1.67. The van der Waals surface area contributed by atoms with Crippen LogP contribution in [0.25, 0.3) is 10.9 Å². The van der Waals surface area contributed by atoms with Gasteiger partial charge in [-0.3, -0.25) is 4.98 Å². The van der Waals surface area contributed by atoms with E-state index in [1.165, 1.54) is 0 Å². The van der Waals surface area contributed by atoms with E-state index in [0.29, 0.717) is 13.0 Å². The maximum Gasteiger partial charge on any atom is 0.128 e. The van der Waals surface area contributed by atoms with E-state index >= 15 is 0 Å². The lowest BCUT2D eigenvalue weighted by molar-refractivity contribution is 0.267. The van der Waals surface area contributed by atoms with Crippen LogP contribution in [0.15, 0.2) is 36.5 Å². The van der Waals surface area contributed by atoms with Gasteiger partial charge in [0.1, 0.15) is 5.75 Å². The predicted molar refractivity (Wildman–Crippen MR) is 71.2 cm³/mol. The molecule has 0 saturated carbocycles. The van der Waals surface area contributed by atoms with Gasteiger partial charge in [-0.1, -0.05) is 6.07 Å². The Morgan fingerprint density at radius 1 is 1.28 bits per heavy atom. The highest BCUT2D eigenvalue weighted by atomic mass is 16.5. The summed E-state index contributed by atoms with van der Waals surface area (Å²) in [5.41, 5.74) is 0.581. The van der Waals surface area contributed by atoms with Gasteiger partial charge < -0.3 is 4.74 Å². The van der Waals surface area contributed by atoms with Gasteiger partial charge >= 0.3 is 0 Å². The summed E-state index contributed by atoms with van der Waals surface area (Å²) in [7, 11) is 0. The molecule has 18 heavy (non-hydrogen) atoms. The molecule has 3 nitrogen and oxygen atoms in total. The molecule has 1 aromatic heterocycles. The first-order valence-corrected chi connectivity index (χ1v) is 6.00. The third kappa shape index (κ3) is 2.78. The van der Waals surface area contributed by atoms with Crippen molar-refractivity contribution >= 4 is 10.9 Å². The van der Waals surface area contributed by atoms with Crippen LogP contribution in [0.5, 0.6) is 5.75 Å². The van der Waals surface area contributed by atoms with E-state index < -0.39 is 0 Å². The molecule has 2 aromatic rings. The quantitative estimate of drug-likeness (QED) is 0.821. The van der Waals surface area contributed by atoms with Gasteiger partial charge in [0.25, 0.3) is 0 Å². The van der Waals surface area contributed by atoms with E-state index in [1.807, 2.05) is 44.2 Å². The van der Waals surface area contributed by atoms with E-state index in [-0.39, 0.29) is 5.41 Å². The van der Waals surface area contributed by atoms with E-state index in [9.17, 15) is 0 Å². The number of nitriles is 1. The average molecular weight is 240 g/mol. The Labute approximate surface area is 107 Å². The molecule has 0 radical (unpaired) electrons. The predicted octanol–water partition coefficient (Wildman–Crippen LogP) is 3.55. The zero-order valence-electron chi connectivity index (χ0n) is 10.7. The van der Waals surface area contributed by atoms with Crippen LogP contribution in [-0.4, -0.2) is 11.6 Å². The Bertz CT molecular complexity index is 579. The molecular formula is C15H16N2O. The highest BCUT2D eigenvalue weighted by Gasteiger charge is 2.16. The van der Waals surface area contributed by atoms with Crippen molar-refractivity contribution in [2.24, 2.45) is 5.41 Å². The molecule has 0 aliphatic heterocycles. The third-order valence-corrected chi connectivity index (χ3v) is 2.89. The van der Waals surface area contributed by atoms with Crippen molar-refractivity contribution in [1.82, 2.24) is 4.98 Å². The Morgan fingerprint density at radius 3 is 2.89 bits per heavy atom. The van der Waals surface area contributed by atoms with Crippen molar-refractivity contribution in [2.45, 2.75) is 20.3 Å². The smallest absolute Gasteiger partial charge is 0.128 e. The molecular weight excluding hydrogens is 224 g/mol. The fourth-order valence-electron chi connectivity index (χ4n) is 1.67. The normalized spacial score (nSPS) is 11.2. The molecule has 0 fully saturated rings. The first-order chi connectivity index (χ1) is 8.62. The third-order valence-electron chi connectivity index (χ3n) is 2.89. The Balaban J connectivity index is 2.11. The topological polar surface area (TPSA) is 45.9 Å². The zero-order valence-corrected chi connectivity index (χ0v) is 10.7. The van der Waals surface area contributed by atoms with E-state index in [0.717, 1.165) is 16.7 Å². The summed E-state index contributed by atoms with van der Waals surface area (Å²) in [6.45, 7) is 4.37. The number of hydrogen-bond donors (Lipinski definition) is 0. The van der Waals surface area contributed by atoms with E-state index in [2.05, 4.69) is 11.1 Å². The highest BCUT2D eigenvalue weighted by Crippen LogP contribution is 2.25. The summed E-state index contributed by atoms with van der Waals surface area (Å²) < 4.78 is 5.77. The highest BCUT2D eigenvalue weighted by molar-refractivity contribution is 5.84. The number of pyridine rings is 1. The van der Waals surface area contributed by atoms with Gasteiger partial charge in [0, 0.05) is 11.6 Å². The fraction of sp³-hybridized carbons (Fsp3) is 0.333. The summed E-state index contributed by atoms with van der Waals surface area (Å²) in [6.07, 6.45) is 2.48. The summed E-state index contributed by atoms with van der Waals surface area (Å²) in [4.78, 5) is 4.28. The molecule has 0 unspecified atom stereocenters. The second kappa shape index (κ2) is 5.05. The van der Waals surface area contributed by atoms with Crippen molar-refractivity contribution < 1.29 is 4.74 Å². The lowest BCUT2D eigenvalue weighted by Gasteiger charge is -2.15. The summed E-state index contributed by atoms with van der Waals surface area (Å²) >= 11 is 0. The Hall–Kier alpha value is -2.08. The molecule has 0 N–H and O–H groups in total. The van der Waals surface area contributed by atoms with Crippen LogP contribution >= 0.6 is 0 Å². The number of benzene rings is 1. The van der Waals surface area contributed by atoms with Gasteiger partial charge in [-0.05, 0) is 44.5 Å². The molecule has 1 heterocycles. The van der Waals surface area contributed by atoms with Gasteiger partial charge in [-0.25, -0.2) is 0 Å². The molecule has 0 amide bonds. The molecule has 0 spiro atoms. The summed E-state index contributed by atoms with van der Waals surface area (Å²) in [5, 5.41) is 9.96. The Kier molecular flexibility index (Phi) is 3.47. The minimum atomic E-state index is -0.344. The first kappa shape index (κ1) is 12.4. The standard InChI is InChI=1S/C15H16N2O/c1-15(2,11-16)8-10-18-14-7-3-6-13-12(14)5-4-9-17-13/h3-7,9H,8,10H2,1-2H3. The zero-order chi connectivity index (χ0) is 13.0. The monoisotopic (exact) mass is 240 g/mol. The summed E-state index contributed by atoms with van der Waals surface area (Å²) in [6, 6.07) is 12.0. The number of fused-ring (bicyclic) bond motifs is 1. The van der Waals surface area contributed by atoms with Gasteiger partial charge in [-0.2, -0.15) is 5.26 Å². The molecule has 0 aliphatic rings. The SMILES string of the molecule is CC(C)(C#N)CCOc1cccc2ncccc12. The lowest BCUT2D eigenvalue weighted by Crippen LogP contribution is -2.13. The van der Waals surface area contributed by atoms with E-state index in [1.54, 1.807) is 6.20 Å². The summed E-state index contributed by atoms with van der Waals surface area (Å²) in [5.74, 6) is 0.828. The second-order valence-electron chi connectivity index (χ2n) is 4.92. The average Bonchev–Trinajstić information content (AvgIpc) is 2.39. The van der Waals surface area contributed by atoms with Crippen LogP contribution in [0.4, 0.5) is 0 Å². The maximum absolute atomic E-state index is 8.95. The Morgan fingerprint density at radius 2 is 2.11 bits per heavy atom. The number of nitrogens with zero attached hydrogens (tertiary/aromatic N) is 2. The van der Waals surface area contributed by atoms with Gasteiger partial charge in [0.2, 0.25) is 0 Å². The van der Waals surface area contributed by atoms with Crippen molar-refractivity contribution in [2.75, 3.05) is 6.61 Å². The molecule has 1 aromatic carbocycles. The van der Waals surface area contributed by atoms with Crippen LogP contribution in [0.3, 0.4) is 0 Å². The van der Waals surface area contributed by atoms with Gasteiger partial charge in [-0.15, -0.1) is 0 Å².